The van der Waals surface area contributed by atoms with E-state index in [1.807, 2.05) is 19.2 Å². The Morgan fingerprint density at radius 1 is 1.16 bits per heavy atom. The molecule has 1 fully saturated rings. The lowest BCUT2D eigenvalue weighted by Crippen LogP contribution is -2.43. The Bertz CT molecular complexity index is 573. The Morgan fingerprint density at radius 2 is 1.89 bits per heavy atom. The van der Waals surface area contributed by atoms with Gasteiger partial charge in [-0.2, -0.15) is 5.10 Å². The Labute approximate surface area is 111 Å². The van der Waals surface area contributed by atoms with Crippen LogP contribution in [-0.4, -0.2) is 36.0 Å². The summed E-state index contributed by atoms with van der Waals surface area (Å²) in [6, 6.07) is 6.72. The molecule has 1 aromatic heterocycles. The van der Waals surface area contributed by atoms with Gasteiger partial charge in [0.25, 0.3) is 0 Å². The number of benzene rings is 1. The average molecular weight is 260 g/mol. The number of anilines is 1. The standard InChI is InChI=1S/C14H17FN4/c1-11-14(18-8-6-16-7-9-18)10-17-19(11)13-5-3-2-4-12(13)15/h2-5,10,16H,6-9H2,1H3. The number of nitrogens with zero attached hydrogens (tertiary/aromatic N) is 3. The van der Waals surface area contributed by atoms with Crippen LogP contribution in [0.25, 0.3) is 5.69 Å². The molecule has 100 valence electrons. The van der Waals surface area contributed by atoms with Crippen LogP contribution < -0.4 is 10.2 Å². The number of hydrogen-bond donors (Lipinski definition) is 1. The predicted octanol–water partition coefficient (Wildman–Crippen LogP) is 1.73. The van der Waals surface area contributed by atoms with Crippen LogP contribution in [0.2, 0.25) is 0 Å². The minimum atomic E-state index is -0.249. The first-order valence-electron chi connectivity index (χ1n) is 6.52. The second-order valence-electron chi connectivity index (χ2n) is 4.72. The Morgan fingerprint density at radius 3 is 2.63 bits per heavy atom. The maximum Gasteiger partial charge on any atom is 0.148 e. The van der Waals surface area contributed by atoms with Crippen molar-refractivity contribution in [2.24, 2.45) is 0 Å². The van der Waals surface area contributed by atoms with E-state index in [0.29, 0.717) is 5.69 Å². The van der Waals surface area contributed by atoms with Crippen molar-refractivity contribution in [2.45, 2.75) is 6.92 Å². The van der Waals surface area contributed by atoms with Gasteiger partial charge in [-0.1, -0.05) is 12.1 Å². The van der Waals surface area contributed by atoms with E-state index in [1.165, 1.54) is 6.07 Å². The van der Waals surface area contributed by atoms with Crippen LogP contribution in [0.3, 0.4) is 0 Å². The summed E-state index contributed by atoms with van der Waals surface area (Å²) < 4.78 is 15.5. The Kier molecular flexibility index (Phi) is 3.21. The van der Waals surface area contributed by atoms with Crippen molar-refractivity contribution < 1.29 is 4.39 Å². The third-order valence-electron chi connectivity index (χ3n) is 3.52. The molecule has 1 aliphatic heterocycles. The molecule has 0 bridgehead atoms. The van der Waals surface area contributed by atoms with Gasteiger partial charge in [0.05, 0.1) is 17.6 Å². The maximum absolute atomic E-state index is 13.8. The number of piperazine rings is 1. The lowest BCUT2D eigenvalue weighted by Gasteiger charge is -2.28. The van der Waals surface area contributed by atoms with Gasteiger partial charge in [-0.15, -0.1) is 0 Å². The second-order valence-corrected chi connectivity index (χ2v) is 4.72. The smallest absolute Gasteiger partial charge is 0.148 e. The van der Waals surface area contributed by atoms with Crippen molar-refractivity contribution in [3.05, 3.63) is 42.0 Å². The molecule has 2 aromatic rings. The highest BCUT2D eigenvalue weighted by atomic mass is 19.1. The summed E-state index contributed by atoms with van der Waals surface area (Å²) >= 11 is 0. The second kappa shape index (κ2) is 5.01. The van der Waals surface area contributed by atoms with Gasteiger partial charge in [-0.3, -0.25) is 0 Å². The Balaban J connectivity index is 1.97. The summed E-state index contributed by atoms with van der Waals surface area (Å²) in [5, 5.41) is 7.66. The molecule has 1 aliphatic rings. The number of hydrogen-bond acceptors (Lipinski definition) is 3. The zero-order valence-corrected chi connectivity index (χ0v) is 10.9. The lowest BCUT2D eigenvalue weighted by molar-refractivity contribution is 0.587. The van der Waals surface area contributed by atoms with E-state index in [-0.39, 0.29) is 5.82 Å². The molecule has 19 heavy (non-hydrogen) atoms. The third-order valence-corrected chi connectivity index (χ3v) is 3.52. The maximum atomic E-state index is 13.8. The predicted molar refractivity (Wildman–Crippen MR) is 73.3 cm³/mol. The molecule has 0 radical (unpaired) electrons. The van der Waals surface area contributed by atoms with Crippen LogP contribution in [-0.2, 0) is 0 Å². The van der Waals surface area contributed by atoms with Crippen molar-refractivity contribution in [1.29, 1.82) is 0 Å². The minimum absolute atomic E-state index is 0.249. The quantitative estimate of drug-likeness (QED) is 0.892. The summed E-state index contributed by atoms with van der Waals surface area (Å²) in [6.07, 6.45) is 1.83. The van der Waals surface area contributed by atoms with Crippen LogP contribution in [0.1, 0.15) is 5.69 Å². The minimum Gasteiger partial charge on any atom is -0.366 e. The number of nitrogens with one attached hydrogen (secondary N) is 1. The molecular formula is C14H17FN4. The molecular weight excluding hydrogens is 243 g/mol. The molecule has 1 aromatic carbocycles. The topological polar surface area (TPSA) is 33.1 Å². The molecule has 1 N–H and O–H groups in total. The SMILES string of the molecule is Cc1c(N2CCNCC2)cnn1-c1ccccc1F. The first-order valence-corrected chi connectivity index (χ1v) is 6.52. The van der Waals surface area contributed by atoms with E-state index >= 15 is 0 Å². The largest absolute Gasteiger partial charge is 0.366 e. The fourth-order valence-corrected chi connectivity index (χ4v) is 2.48. The molecule has 0 saturated carbocycles. The van der Waals surface area contributed by atoms with Crippen LogP contribution in [0.15, 0.2) is 30.5 Å². The lowest BCUT2D eigenvalue weighted by atomic mass is 10.2. The molecule has 0 amide bonds. The summed E-state index contributed by atoms with van der Waals surface area (Å²) in [5.41, 5.74) is 2.57. The molecule has 5 heteroatoms. The Hall–Kier alpha value is -1.88. The van der Waals surface area contributed by atoms with E-state index in [9.17, 15) is 4.39 Å². The van der Waals surface area contributed by atoms with E-state index < -0.39 is 0 Å². The first kappa shape index (κ1) is 12.2. The number of halogens is 1. The number of para-hydroxylation sites is 1. The number of rotatable bonds is 2. The highest BCUT2D eigenvalue weighted by Gasteiger charge is 2.17. The summed E-state index contributed by atoms with van der Waals surface area (Å²) in [7, 11) is 0. The van der Waals surface area contributed by atoms with Crippen molar-refractivity contribution in [3.8, 4) is 5.69 Å². The fourth-order valence-electron chi connectivity index (χ4n) is 2.48. The van der Waals surface area contributed by atoms with Crippen molar-refractivity contribution in [1.82, 2.24) is 15.1 Å². The van der Waals surface area contributed by atoms with Crippen LogP contribution in [0.5, 0.6) is 0 Å². The zero-order chi connectivity index (χ0) is 13.2. The normalized spacial score (nSPS) is 15.8. The fraction of sp³-hybridized carbons (Fsp3) is 0.357. The van der Waals surface area contributed by atoms with Crippen LogP contribution in [0, 0.1) is 12.7 Å². The van der Waals surface area contributed by atoms with E-state index in [0.717, 1.165) is 37.6 Å². The molecule has 3 rings (SSSR count). The van der Waals surface area contributed by atoms with Gasteiger partial charge < -0.3 is 10.2 Å². The van der Waals surface area contributed by atoms with E-state index in [4.69, 9.17) is 0 Å². The van der Waals surface area contributed by atoms with Gasteiger partial charge in [-0.05, 0) is 19.1 Å². The third kappa shape index (κ3) is 2.21. The molecule has 0 aliphatic carbocycles. The molecule has 0 spiro atoms. The van der Waals surface area contributed by atoms with Crippen LogP contribution >= 0.6 is 0 Å². The van der Waals surface area contributed by atoms with Gasteiger partial charge in [0.1, 0.15) is 11.5 Å². The average Bonchev–Trinajstić information content (AvgIpc) is 2.82. The van der Waals surface area contributed by atoms with E-state index in [2.05, 4.69) is 15.3 Å². The molecule has 4 nitrogen and oxygen atoms in total. The summed E-state index contributed by atoms with van der Waals surface area (Å²) in [4.78, 5) is 2.29. The molecule has 0 unspecified atom stereocenters. The van der Waals surface area contributed by atoms with Crippen molar-refractivity contribution in [3.63, 3.8) is 0 Å². The summed E-state index contributed by atoms with van der Waals surface area (Å²) in [6.45, 7) is 5.86. The zero-order valence-electron chi connectivity index (χ0n) is 10.9. The van der Waals surface area contributed by atoms with Gasteiger partial charge in [-0.25, -0.2) is 9.07 Å². The first-order chi connectivity index (χ1) is 9.27. The van der Waals surface area contributed by atoms with Gasteiger partial charge in [0, 0.05) is 26.2 Å². The molecule has 2 heterocycles. The van der Waals surface area contributed by atoms with Crippen LogP contribution in [0.4, 0.5) is 10.1 Å². The monoisotopic (exact) mass is 260 g/mol. The highest BCUT2D eigenvalue weighted by Crippen LogP contribution is 2.23. The summed E-state index contributed by atoms with van der Waals surface area (Å²) in [5.74, 6) is -0.249. The van der Waals surface area contributed by atoms with Crippen molar-refractivity contribution in [2.75, 3.05) is 31.1 Å². The number of aromatic nitrogens is 2. The van der Waals surface area contributed by atoms with Gasteiger partial charge >= 0.3 is 0 Å². The molecule has 1 saturated heterocycles. The highest BCUT2D eigenvalue weighted by molar-refractivity contribution is 5.52. The van der Waals surface area contributed by atoms with Gasteiger partial charge in [0.15, 0.2) is 0 Å². The van der Waals surface area contributed by atoms with Crippen molar-refractivity contribution >= 4 is 5.69 Å². The molecule has 0 atom stereocenters. The van der Waals surface area contributed by atoms with E-state index in [1.54, 1.807) is 16.8 Å². The van der Waals surface area contributed by atoms with Gasteiger partial charge in [0.2, 0.25) is 0 Å².